The molecule has 2 aliphatic rings. The topological polar surface area (TPSA) is 35.5 Å². The van der Waals surface area contributed by atoms with Crippen molar-refractivity contribution in [2.45, 2.75) is 37.8 Å². The van der Waals surface area contributed by atoms with Crippen LogP contribution >= 0.6 is 0 Å². The summed E-state index contributed by atoms with van der Waals surface area (Å²) in [5, 5.41) is 12.5. The van der Waals surface area contributed by atoms with E-state index in [1.807, 2.05) is 0 Å². The summed E-state index contributed by atoms with van der Waals surface area (Å²) in [4.78, 5) is 2.62. The summed E-state index contributed by atoms with van der Waals surface area (Å²) < 4.78 is 0. The molecule has 0 radical (unpaired) electrons. The van der Waals surface area contributed by atoms with E-state index in [0.29, 0.717) is 6.04 Å². The van der Waals surface area contributed by atoms with Crippen molar-refractivity contribution in [1.82, 2.24) is 4.90 Å². The molecule has 1 heterocycles. The predicted molar refractivity (Wildman–Crippen MR) is 73.9 cm³/mol. The largest absolute Gasteiger partial charge is 0.396 e. The van der Waals surface area contributed by atoms with E-state index in [1.165, 1.54) is 43.6 Å². The Balaban J connectivity index is 1.52. The van der Waals surface area contributed by atoms with Gasteiger partial charge in [-0.15, -0.1) is 0 Å². The first-order valence-electron chi connectivity index (χ1n) is 7.05. The van der Waals surface area contributed by atoms with Gasteiger partial charge in [0.05, 0.1) is 0 Å². The van der Waals surface area contributed by atoms with Gasteiger partial charge in [0.1, 0.15) is 0 Å². The Bertz CT molecular complexity index is 386. The summed E-state index contributed by atoms with van der Waals surface area (Å²) in [6, 6.07) is 9.96. The maximum absolute atomic E-state index is 8.88. The predicted octanol–water partition coefficient (Wildman–Crippen LogP) is 1.87. The Morgan fingerprint density at radius 3 is 2.61 bits per heavy atom. The van der Waals surface area contributed by atoms with E-state index >= 15 is 0 Å². The SMILES string of the molecule is OCCc1ccc(NC2CCN(C3CC3)C2)cc1. The molecular formula is C15H22N2O. The van der Waals surface area contributed by atoms with E-state index in [2.05, 4.69) is 34.5 Å². The van der Waals surface area contributed by atoms with Crippen molar-refractivity contribution in [3.63, 3.8) is 0 Å². The maximum Gasteiger partial charge on any atom is 0.0471 e. The molecule has 0 amide bonds. The monoisotopic (exact) mass is 246 g/mol. The molecule has 1 saturated heterocycles. The molecule has 0 bridgehead atoms. The molecule has 3 nitrogen and oxygen atoms in total. The average molecular weight is 246 g/mol. The Morgan fingerprint density at radius 1 is 1.17 bits per heavy atom. The number of rotatable bonds is 5. The first-order chi connectivity index (χ1) is 8.85. The van der Waals surface area contributed by atoms with Gasteiger partial charge >= 0.3 is 0 Å². The lowest BCUT2D eigenvalue weighted by Crippen LogP contribution is -2.27. The molecule has 1 aliphatic heterocycles. The van der Waals surface area contributed by atoms with E-state index in [1.54, 1.807) is 0 Å². The third-order valence-corrected chi connectivity index (χ3v) is 4.01. The fraction of sp³-hybridized carbons (Fsp3) is 0.600. The minimum atomic E-state index is 0.228. The zero-order chi connectivity index (χ0) is 12.4. The summed E-state index contributed by atoms with van der Waals surface area (Å²) in [6.45, 7) is 2.68. The van der Waals surface area contributed by atoms with Gasteiger partial charge in [0, 0.05) is 37.5 Å². The van der Waals surface area contributed by atoms with Crippen molar-refractivity contribution in [3.8, 4) is 0 Å². The highest BCUT2D eigenvalue weighted by Gasteiger charge is 2.34. The number of hydrogen-bond donors (Lipinski definition) is 2. The Morgan fingerprint density at radius 2 is 1.94 bits per heavy atom. The molecule has 1 unspecified atom stereocenters. The second-order valence-electron chi connectivity index (χ2n) is 5.53. The summed E-state index contributed by atoms with van der Waals surface area (Å²) in [5.74, 6) is 0. The highest BCUT2D eigenvalue weighted by atomic mass is 16.2. The molecule has 1 aromatic carbocycles. The first-order valence-corrected chi connectivity index (χ1v) is 7.05. The third kappa shape index (κ3) is 2.85. The lowest BCUT2D eigenvalue weighted by molar-refractivity contribution is 0.299. The summed E-state index contributed by atoms with van der Waals surface area (Å²) in [6.07, 6.45) is 4.82. The van der Waals surface area contributed by atoms with Crippen LogP contribution in [-0.4, -0.2) is 41.8 Å². The van der Waals surface area contributed by atoms with Crippen LogP contribution in [-0.2, 0) is 6.42 Å². The van der Waals surface area contributed by atoms with Crippen molar-refractivity contribution >= 4 is 5.69 Å². The highest BCUT2D eigenvalue weighted by molar-refractivity contribution is 5.45. The zero-order valence-electron chi connectivity index (χ0n) is 10.8. The summed E-state index contributed by atoms with van der Waals surface area (Å²) in [7, 11) is 0. The van der Waals surface area contributed by atoms with Gasteiger partial charge in [-0.2, -0.15) is 0 Å². The van der Waals surface area contributed by atoms with Gasteiger partial charge < -0.3 is 10.4 Å². The number of aliphatic hydroxyl groups is 1. The number of anilines is 1. The third-order valence-electron chi connectivity index (χ3n) is 4.01. The van der Waals surface area contributed by atoms with Gasteiger partial charge in [-0.05, 0) is 43.4 Å². The molecule has 0 spiro atoms. The zero-order valence-corrected chi connectivity index (χ0v) is 10.8. The van der Waals surface area contributed by atoms with Gasteiger partial charge in [-0.1, -0.05) is 12.1 Å². The second kappa shape index (κ2) is 5.29. The van der Waals surface area contributed by atoms with Crippen molar-refractivity contribution in [2.24, 2.45) is 0 Å². The lowest BCUT2D eigenvalue weighted by atomic mass is 10.1. The lowest BCUT2D eigenvalue weighted by Gasteiger charge is -2.16. The van der Waals surface area contributed by atoms with Gasteiger partial charge in [-0.25, -0.2) is 0 Å². The van der Waals surface area contributed by atoms with Gasteiger partial charge in [0.25, 0.3) is 0 Å². The van der Waals surface area contributed by atoms with Crippen LogP contribution in [0, 0.1) is 0 Å². The number of nitrogens with zero attached hydrogens (tertiary/aromatic N) is 1. The molecule has 1 aliphatic carbocycles. The summed E-state index contributed by atoms with van der Waals surface area (Å²) in [5.41, 5.74) is 2.41. The molecule has 1 aromatic rings. The van der Waals surface area contributed by atoms with Crippen LogP contribution in [0.1, 0.15) is 24.8 Å². The molecule has 2 fully saturated rings. The van der Waals surface area contributed by atoms with Crippen molar-refractivity contribution in [2.75, 3.05) is 25.0 Å². The number of aliphatic hydroxyl groups excluding tert-OH is 1. The fourth-order valence-corrected chi connectivity index (χ4v) is 2.81. The van der Waals surface area contributed by atoms with Crippen LogP contribution in [0.2, 0.25) is 0 Å². The Labute approximate surface area is 109 Å². The minimum absolute atomic E-state index is 0.228. The standard InChI is InChI=1S/C15H22N2O/c18-10-8-12-1-3-13(4-2-12)16-14-7-9-17(11-14)15-5-6-15/h1-4,14-16,18H,5-11H2. The fourth-order valence-electron chi connectivity index (χ4n) is 2.81. The minimum Gasteiger partial charge on any atom is -0.396 e. The Kier molecular flexibility index (Phi) is 3.52. The average Bonchev–Trinajstić information content (AvgIpc) is 3.13. The van der Waals surface area contributed by atoms with E-state index in [-0.39, 0.29) is 6.61 Å². The molecule has 3 heteroatoms. The van der Waals surface area contributed by atoms with Crippen LogP contribution in [0.3, 0.4) is 0 Å². The molecule has 1 atom stereocenters. The molecule has 0 aromatic heterocycles. The van der Waals surface area contributed by atoms with Gasteiger partial charge in [-0.3, -0.25) is 4.90 Å². The van der Waals surface area contributed by atoms with E-state index in [0.717, 1.165) is 12.5 Å². The quantitative estimate of drug-likeness (QED) is 0.832. The molecule has 18 heavy (non-hydrogen) atoms. The van der Waals surface area contributed by atoms with Crippen LogP contribution in [0.5, 0.6) is 0 Å². The highest BCUT2D eigenvalue weighted by Crippen LogP contribution is 2.30. The normalized spacial score (nSPS) is 24.4. The van der Waals surface area contributed by atoms with E-state index in [9.17, 15) is 0 Å². The maximum atomic E-state index is 8.88. The summed E-state index contributed by atoms with van der Waals surface area (Å²) >= 11 is 0. The van der Waals surface area contributed by atoms with Crippen LogP contribution in [0.25, 0.3) is 0 Å². The van der Waals surface area contributed by atoms with Crippen LogP contribution < -0.4 is 5.32 Å². The van der Waals surface area contributed by atoms with E-state index < -0.39 is 0 Å². The van der Waals surface area contributed by atoms with Gasteiger partial charge in [0.15, 0.2) is 0 Å². The number of likely N-dealkylation sites (tertiary alicyclic amines) is 1. The molecule has 1 saturated carbocycles. The van der Waals surface area contributed by atoms with Gasteiger partial charge in [0.2, 0.25) is 0 Å². The number of nitrogens with one attached hydrogen (secondary N) is 1. The second-order valence-corrected chi connectivity index (χ2v) is 5.53. The number of benzene rings is 1. The van der Waals surface area contributed by atoms with E-state index in [4.69, 9.17) is 5.11 Å². The first kappa shape index (κ1) is 12.0. The molecule has 98 valence electrons. The molecule has 3 rings (SSSR count). The van der Waals surface area contributed by atoms with Crippen LogP contribution in [0.4, 0.5) is 5.69 Å². The van der Waals surface area contributed by atoms with Crippen molar-refractivity contribution in [3.05, 3.63) is 29.8 Å². The molecular weight excluding hydrogens is 224 g/mol. The van der Waals surface area contributed by atoms with Crippen molar-refractivity contribution < 1.29 is 5.11 Å². The van der Waals surface area contributed by atoms with Crippen LogP contribution in [0.15, 0.2) is 24.3 Å². The number of hydrogen-bond acceptors (Lipinski definition) is 3. The smallest absolute Gasteiger partial charge is 0.0471 e. The van der Waals surface area contributed by atoms with Crippen molar-refractivity contribution in [1.29, 1.82) is 0 Å². The molecule has 2 N–H and O–H groups in total. The Hall–Kier alpha value is -1.06.